The van der Waals surface area contributed by atoms with E-state index in [2.05, 4.69) is 0 Å². The van der Waals surface area contributed by atoms with E-state index in [9.17, 15) is 18.3 Å². The number of carbonyl (C=O) groups is 1. The molecule has 1 rings (SSSR count). The second-order valence-electron chi connectivity index (χ2n) is 3.67. The van der Waals surface area contributed by atoms with Crippen LogP contribution >= 0.6 is 0 Å². The van der Waals surface area contributed by atoms with E-state index in [0.717, 1.165) is 0 Å². The number of hydrogen-bond acceptors (Lipinski definition) is 4. The molecule has 94 valence electrons. The molecule has 0 aliphatic heterocycles. The molecule has 0 spiro atoms. The van der Waals surface area contributed by atoms with Crippen LogP contribution in [0.4, 0.5) is 0 Å². The van der Waals surface area contributed by atoms with Crippen molar-refractivity contribution in [3.63, 3.8) is 0 Å². The van der Waals surface area contributed by atoms with E-state index >= 15 is 0 Å². The molecular weight excluding hydrogens is 244 g/mol. The highest BCUT2D eigenvalue weighted by Crippen LogP contribution is 2.12. The second kappa shape index (κ2) is 5.79. The maximum absolute atomic E-state index is 11.8. The third kappa shape index (κ3) is 4.54. The van der Waals surface area contributed by atoms with Gasteiger partial charge in [-0.05, 0) is 18.6 Å². The normalized spacial score (nSPS) is 13.2. The van der Waals surface area contributed by atoms with Gasteiger partial charge >= 0.3 is 5.97 Å². The van der Waals surface area contributed by atoms with Crippen molar-refractivity contribution in [2.75, 3.05) is 5.75 Å². The van der Waals surface area contributed by atoms with Crippen LogP contribution in [0.3, 0.4) is 0 Å². The zero-order chi connectivity index (χ0) is 12.9. The molecule has 0 radical (unpaired) electrons. The molecule has 1 aromatic carbocycles. The molecule has 0 fully saturated rings. The molecule has 0 saturated carbocycles. The van der Waals surface area contributed by atoms with E-state index in [0.29, 0.717) is 0 Å². The van der Waals surface area contributed by atoms with Gasteiger partial charge in [-0.1, -0.05) is 18.2 Å². The topological polar surface area (TPSA) is 91.7 Å². The highest BCUT2D eigenvalue weighted by Gasteiger charge is 2.17. The fourth-order valence-electron chi connectivity index (χ4n) is 1.34. The minimum absolute atomic E-state index is 0.0798. The lowest BCUT2D eigenvalue weighted by atomic mass is 10.2. The lowest BCUT2D eigenvalue weighted by molar-refractivity contribution is -0.139. The van der Waals surface area contributed by atoms with E-state index < -0.39 is 28.3 Å². The predicted molar refractivity (Wildman–Crippen MR) is 61.4 cm³/mol. The summed E-state index contributed by atoms with van der Waals surface area (Å²) < 4.78 is 23.5. The quantitative estimate of drug-likeness (QED) is 0.783. The number of sulfone groups is 1. The van der Waals surface area contributed by atoms with Gasteiger partial charge in [0.1, 0.15) is 0 Å². The zero-order valence-electron chi connectivity index (χ0n) is 9.11. The van der Waals surface area contributed by atoms with Gasteiger partial charge in [0.05, 0.1) is 23.2 Å². The van der Waals surface area contributed by atoms with Crippen LogP contribution < -0.4 is 0 Å². The van der Waals surface area contributed by atoms with Crippen LogP contribution in [0.2, 0.25) is 0 Å². The molecule has 0 aromatic heterocycles. The van der Waals surface area contributed by atoms with E-state index in [1.165, 1.54) is 12.1 Å². The maximum Gasteiger partial charge on any atom is 0.305 e. The first-order valence-corrected chi connectivity index (χ1v) is 6.75. The third-order valence-electron chi connectivity index (χ3n) is 2.23. The van der Waals surface area contributed by atoms with Crippen molar-refractivity contribution in [1.82, 2.24) is 0 Å². The van der Waals surface area contributed by atoms with E-state index in [-0.39, 0.29) is 17.1 Å². The minimum Gasteiger partial charge on any atom is -0.481 e. The Balaban J connectivity index is 2.60. The Kier molecular flexibility index (Phi) is 4.65. The largest absolute Gasteiger partial charge is 0.481 e. The van der Waals surface area contributed by atoms with Gasteiger partial charge in [0.15, 0.2) is 9.84 Å². The van der Waals surface area contributed by atoms with Crippen molar-refractivity contribution in [1.29, 1.82) is 0 Å². The summed E-state index contributed by atoms with van der Waals surface area (Å²) in [6.07, 6.45) is -1.65. The summed E-state index contributed by atoms with van der Waals surface area (Å²) in [5.74, 6) is -1.40. The summed E-state index contributed by atoms with van der Waals surface area (Å²) >= 11 is 0. The van der Waals surface area contributed by atoms with Gasteiger partial charge in [0.25, 0.3) is 0 Å². The Morgan fingerprint density at radius 1 is 1.24 bits per heavy atom. The molecule has 0 bridgehead atoms. The van der Waals surface area contributed by atoms with E-state index in [1.807, 2.05) is 0 Å². The highest BCUT2D eigenvalue weighted by atomic mass is 32.2. The first kappa shape index (κ1) is 13.7. The van der Waals surface area contributed by atoms with Gasteiger partial charge in [0.2, 0.25) is 0 Å². The molecule has 6 heteroatoms. The first-order chi connectivity index (χ1) is 7.92. The van der Waals surface area contributed by atoms with Crippen LogP contribution in [-0.4, -0.2) is 36.5 Å². The van der Waals surface area contributed by atoms with Crippen molar-refractivity contribution >= 4 is 15.8 Å². The second-order valence-corrected chi connectivity index (χ2v) is 5.78. The molecule has 1 aromatic rings. The van der Waals surface area contributed by atoms with Crippen molar-refractivity contribution in [2.24, 2.45) is 0 Å². The number of aliphatic hydroxyl groups is 1. The van der Waals surface area contributed by atoms with Gasteiger partial charge in [0, 0.05) is 0 Å². The van der Waals surface area contributed by atoms with Crippen molar-refractivity contribution in [3.05, 3.63) is 30.3 Å². The molecular formula is C11H14O5S. The van der Waals surface area contributed by atoms with Gasteiger partial charge in [-0.2, -0.15) is 0 Å². The Hall–Kier alpha value is -1.40. The Labute approximate surface area is 99.6 Å². The van der Waals surface area contributed by atoms with Gasteiger partial charge < -0.3 is 10.2 Å². The smallest absolute Gasteiger partial charge is 0.305 e. The molecule has 17 heavy (non-hydrogen) atoms. The Morgan fingerprint density at radius 3 is 2.35 bits per heavy atom. The molecule has 0 saturated heterocycles. The fourth-order valence-corrected chi connectivity index (χ4v) is 2.73. The Morgan fingerprint density at radius 2 is 1.82 bits per heavy atom. The number of carboxylic acid groups (broad SMARTS) is 1. The summed E-state index contributed by atoms with van der Waals surface area (Å²) in [4.78, 5) is 10.5. The average molecular weight is 258 g/mol. The van der Waals surface area contributed by atoms with Crippen LogP contribution in [0.1, 0.15) is 12.8 Å². The zero-order valence-corrected chi connectivity index (χ0v) is 9.93. The summed E-state index contributed by atoms with van der Waals surface area (Å²) in [5, 5.41) is 17.7. The van der Waals surface area contributed by atoms with Crippen molar-refractivity contribution in [3.8, 4) is 0 Å². The predicted octanol–water partition coefficient (Wildman–Crippen LogP) is 0.686. The first-order valence-electron chi connectivity index (χ1n) is 5.09. The summed E-state index contributed by atoms with van der Waals surface area (Å²) in [5.41, 5.74) is 0. The van der Waals surface area contributed by atoms with Crippen LogP contribution in [-0.2, 0) is 14.6 Å². The fraction of sp³-hybridized carbons (Fsp3) is 0.364. The van der Waals surface area contributed by atoms with Crippen LogP contribution in [0, 0.1) is 0 Å². The minimum atomic E-state index is -3.44. The van der Waals surface area contributed by atoms with Gasteiger partial charge in [-0.15, -0.1) is 0 Å². The lowest BCUT2D eigenvalue weighted by Crippen LogP contribution is -2.18. The summed E-state index contributed by atoms with van der Waals surface area (Å²) in [7, 11) is -3.44. The maximum atomic E-state index is 11.8. The van der Waals surface area contributed by atoms with Crippen LogP contribution in [0.5, 0.6) is 0 Å². The molecule has 1 atom stereocenters. The van der Waals surface area contributed by atoms with Crippen molar-refractivity contribution in [2.45, 2.75) is 23.8 Å². The average Bonchev–Trinajstić information content (AvgIpc) is 2.27. The summed E-state index contributed by atoms with van der Waals surface area (Å²) in [6, 6.07) is 7.87. The van der Waals surface area contributed by atoms with Crippen molar-refractivity contribution < 1.29 is 23.4 Å². The highest BCUT2D eigenvalue weighted by molar-refractivity contribution is 7.91. The Bertz CT molecular complexity index is 466. The van der Waals surface area contributed by atoms with Crippen LogP contribution in [0.15, 0.2) is 35.2 Å². The van der Waals surface area contributed by atoms with Gasteiger partial charge in [-0.3, -0.25) is 4.79 Å². The van der Waals surface area contributed by atoms with E-state index in [1.54, 1.807) is 18.2 Å². The SMILES string of the molecule is O=C(O)CC(O)CCS(=O)(=O)c1ccccc1. The number of carboxylic acids is 1. The molecule has 0 aliphatic rings. The summed E-state index contributed by atoms with van der Waals surface area (Å²) in [6.45, 7) is 0. The number of hydrogen-bond donors (Lipinski definition) is 2. The molecule has 0 amide bonds. The number of aliphatic hydroxyl groups excluding tert-OH is 1. The molecule has 2 N–H and O–H groups in total. The third-order valence-corrected chi connectivity index (χ3v) is 4.00. The van der Waals surface area contributed by atoms with Crippen LogP contribution in [0.25, 0.3) is 0 Å². The molecule has 5 nitrogen and oxygen atoms in total. The number of benzene rings is 1. The molecule has 0 aliphatic carbocycles. The number of rotatable bonds is 6. The van der Waals surface area contributed by atoms with E-state index in [4.69, 9.17) is 5.11 Å². The number of aliphatic carboxylic acids is 1. The molecule has 1 unspecified atom stereocenters. The lowest BCUT2D eigenvalue weighted by Gasteiger charge is -2.08. The monoisotopic (exact) mass is 258 g/mol. The van der Waals surface area contributed by atoms with Gasteiger partial charge in [-0.25, -0.2) is 8.42 Å². The molecule has 0 heterocycles. The standard InChI is InChI=1S/C11H14O5S/c12-9(8-11(13)14)6-7-17(15,16)10-4-2-1-3-5-10/h1-5,9,12H,6-8H2,(H,13,14).